The Morgan fingerprint density at radius 3 is 0.576 bits per heavy atom. The Morgan fingerprint density at radius 1 is 0.271 bits per heavy atom. The molecule has 0 fully saturated rings. The largest absolute Gasteiger partial charge is 0.332 e. The van der Waals surface area contributed by atoms with E-state index in [-0.39, 0.29) is 0 Å². The van der Waals surface area contributed by atoms with Gasteiger partial charge in [0.05, 0.1) is 6.61 Å². The van der Waals surface area contributed by atoms with Gasteiger partial charge in [0.15, 0.2) is 14.7 Å². The van der Waals surface area contributed by atoms with Crippen molar-refractivity contribution in [2.24, 2.45) is 0 Å². The molecular weight excluding hydrogens is 763 g/mol. The average molecular weight is 875 g/mol. The van der Waals surface area contributed by atoms with Crippen molar-refractivity contribution in [3.63, 3.8) is 0 Å². The first-order chi connectivity index (χ1) is 28.7. The van der Waals surface area contributed by atoms with Crippen molar-refractivity contribution < 1.29 is 18.2 Å². The Bertz CT molecular complexity index is 856. The number of hydrogen-bond acceptors (Lipinski definition) is 4. The molecule has 4 nitrogen and oxygen atoms in total. The summed E-state index contributed by atoms with van der Waals surface area (Å²) >= 11 is 0. The molecule has 0 aromatic rings. The van der Waals surface area contributed by atoms with Gasteiger partial charge in [0.2, 0.25) is 0 Å². The molecular formula is C53H112O4P2. The Kier molecular flexibility index (Phi) is 53.2. The van der Waals surface area contributed by atoms with E-state index in [1.54, 1.807) is 13.3 Å². The van der Waals surface area contributed by atoms with Crippen LogP contribution in [0.5, 0.6) is 0 Å². The monoisotopic (exact) mass is 875 g/mol. The standard InChI is InChI=1S/C49H101O2P.C4H11O2P/c1-4-6-7-8-9-10-11-12-13-14-15-16-17-18-19-20-21-22-23-24-25-26-27-28-29-30-31-32-33-34-35-36-37-38-39-40-41-42-43-44-45-46-47-48-49-51-52(3,50)5-2;1-4-7(3,5)6-2/h4-49H2,1-3H3;4H2,1-3H3. The normalized spacial score (nSPS) is 13.6. The Balaban J connectivity index is 0. The Hall–Kier alpha value is 0.380. The molecule has 0 rings (SSSR count). The topological polar surface area (TPSA) is 52.6 Å². The molecule has 0 saturated carbocycles. The highest BCUT2D eigenvalue weighted by atomic mass is 31.2. The van der Waals surface area contributed by atoms with Crippen molar-refractivity contribution in [3.05, 3.63) is 0 Å². The minimum absolute atomic E-state index is 0.628. The molecule has 0 bridgehead atoms. The third kappa shape index (κ3) is 56.4. The summed E-state index contributed by atoms with van der Waals surface area (Å²) in [6, 6.07) is 0. The third-order valence-electron chi connectivity index (χ3n) is 12.9. The van der Waals surface area contributed by atoms with Gasteiger partial charge in [-0.25, -0.2) is 0 Å². The predicted octanol–water partition coefficient (Wildman–Crippen LogP) is 20.7. The van der Waals surface area contributed by atoms with Gasteiger partial charge in [-0.1, -0.05) is 297 Å². The third-order valence-corrected chi connectivity index (χ3v) is 16.7. The second-order valence-corrected chi connectivity index (χ2v) is 24.8. The molecule has 2 unspecified atom stereocenters. The lowest BCUT2D eigenvalue weighted by Gasteiger charge is -2.11. The van der Waals surface area contributed by atoms with E-state index < -0.39 is 14.7 Å². The van der Waals surface area contributed by atoms with Crippen LogP contribution in [0.1, 0.15) is 303 Å². The molecule has 0 radical (unpaired) electrons. The fourth-order valence-electron chi connectivity index (χ4n) is 8.08. The first-order valence-electron chi connectivity index (χ1n) is 27.1. The summed E-state index contributed by atoms with van der Waals surface area (Å²) in [5, 5.41) is 0. The summed E-state index contributed by atoms with van der Waals surface area (Å²) in [6.07, 6.45) is 65.1. The first-order valence-corrected chi connectivity index (χ1v) is 31.6. The molecule has 2 atom stereocenters. The average Bonchev–Trinajstić information content (AvgIpc) is 3.23. The molecule has 358 valence electrons. The van der Waals surface area contributed by atoms with Gasteiger partial charge in [-0.15, -0.1) is 0 Å². The van der Waals surface area contributed by atoms with Crippen LogP contribution in [0.2, 0.25) is 0 Å². The number of unbranched alkanes of at least 4 members (excludes halogenated alkanes) is 43. The minimum atomic E-state index is -2.28. The summed E-state index contributed by atoms with van der Waals surface area (Å²) < 4.78 is 32.8. The quantitative estimate of drug-likeness (QED) is 0.0451. The molecule has 59 heavy (non-hydrogen) atoms. The minimum Gasteiger partial charge on any atom is -0.332 e. The van der Waals surface area contributed by atoms with Crippen LogP contribution in [-0.2, 0) is 18.2 Å². The molecule has 0 aromatic heterocycles. The fraction of sp³-hybridized carbons (Fsp3) is 1.00. The van der Waals surface area contributed by atoms with Crippen molar-refractivity contribution in [2.45, 2.75) is 303 Å². The van der Waals surface area contributed by atoms with Crippen LogP contribution >= 0.6 is 14.7 Å². The molecule has 0 amide bonds. The summed E-state index contributed by atoms with van der Waals surface area (Å²) in [5.41, 5.74) is 0. The van der Waals surface area contributed by atoms with Gasteiger partial charge < -0.3 is 9.05 Å². The second kappa shape index (κ2) is 51.0. The van der Waals surface area contributed by atoms with Gasteiger partial charge in [0.1, 0.15) is 0 Å². The van der Waals surface area contributed by atoms with Crippen molar-refractivity contribution in [3.8, 4) is 0 Å². The molecule has 0 saturated heterocycles. The van der Waals surface area contributed by atoms with E-state index in [9.17, 15) is 9.13 Å². The van der Waals surface area contributed by atoms with E-state index in [1.807, 2.05) is 13.8 Å². The zero-order valence-electron chi connectivity index (χ0n) is 41.8. The van der Waals surface area contributed by atoms with Crippen molar-refractivity contribution in [2.75, 3.05) is 39.4 Å². The molecule has 0 aliphatic heterocycles. The maximum atomic E-state index is 11.9. The highest BCUT2D eigenvalue weighted by molar-refractivity contribution is 7.58. The van der Waals surface area contributed by atoms with Crippen LogP contribution in [0.25, 0.3) is 0 Å². The smallest absolute Gasteiger partial charge is 0.199 e. The number of hydrogen-bond donors (Lipinski definition) is 0. The summed E-state index contributed by atoms with van der Waals surface area (Å²) in [4.78, 5) is 0. The van der Waals surface area contributed by atoms with Gasteiger partial charge in [0, 0.05) is 32.8 Å². The van der Waals surface area contributed by atoms with Crippen LogP contribution in [0.3, 0.4) is 0 Å². The fourth-order valence-corrected chi connectivity index (χ4v) is 9.03. The maximum Gasteiger partial charge on any atom is 0.199 e. The molecule has 0 spiro atoms. The predicted molar refractivity (Wildman–Crippen MR) is 270 cm³/mol. The van der Waals surface area contributed by atoms with Crippen molar-refractivity contribution in [1.29, 1.82) is 0 Å². The lowest BCUT2D eigenvalue weighted by molar-refractivity contribution is 0.305. The summed E-state index contributed by atoms with van der Waals surface area (Å²) in [5.74, 6) is 0. The highest BCUT2D eigenvalue weighted by Gasteiger charge is 2.11. The second-order valence-electron chi connectivity index (χ2n) is 18.9. The van der Waals surface area contributed by atoms with Crippen LogP contribution in [0.15, 0.2) is 0 Å². The Labute approximate surface area is 374 Å². The molecule has 0 aliphatic rings. The zero-order chi connectivity index (χ0) is 43.6. The van der Waals surface area contributed by atoms with Crippen LogP contribution in [-0.4, -0.2) is 39.4 Å². The molecule has 0 aliphatic carbocycles. The van der Waals surface area contributed by atoms with E-state index in [1.165, 1.54) is 283 Å². The van der Waals surface area contributed by atoms with Gasteiger partial charge in [-0.05, 0) is 6.42 Å². The lowest BCUT2D eigenvalue weighted by atomic mass is 10.0. The van der Waals surface area contributed by atoms with E-state index in [2.05, 4.69) is 11.4 Å². The zero-order valence-corrected chi connectivity index (χ0v) is 43.6. The lowest BCUT2D eigenvalue weighted by Crippen LogP contribution is -1.94. The van der Waals surface area contributed by atoms with E-state index >= 15 is 0 Å². The van der Waals surface area contributed by atoms with E-state index in [0.717, 1.165) is 6.42 Å². The van der Waals surface area contributed by atoms with Crippen molar-refractivity contribution >= 4 is 14.7 Å². The molecule has 0 N–H and O–H groups in total. The van der Waals surface area contributed by atoms with Crippen LogP contribution in [0.4, 0.5) is 0 Å². The summed E-state index contributed by atoms with van der Waals surface area (Å²) in [7, 11) is -2.96. The molecule has 0 heterocycles. The SMILES string of the molecule is CCCCCCCCCCCCCCCCCCCCCCCCCCCCCCCCCCCCCCCCCCCCCCOP(C)(=O)CC.CCP(C)(=O)OC. The van der Waals surface area contributed by atoms with E-state index in [4.69, 9.17) is 4.52 Å². The first kappa shape index (κ1) is 61.5. The molecule has 0 aromatic carbocycles. The maximum absolute atomic E-state index is 11.9. The van der Waals surface area contributed by atoms with Crippen LogP contribution in [0, 0.1) is 0 Å². The van der Waals surface area contributed by atoms with E-state index in [0.29, 0.717) is 18.9 Å². The van der Waals surface area contributed by atoms with Gasteiger partial charge in [-0.2, -0.15) is 0 Å². The number of rotatable bonds is 49. The highest BCUT2D eigenvalue weighted by Crippen LogP contribution is 2.42. The van der Waals surface area contributed by atoms with Gasteiger partial charge >= 0.3 is 0 Å². The van der Waals surface area contributed by atoms with Gasteiger partial charge in [0.25, 0.3) is 0 Å². The van der Waals surface area contributed by atoms with Crippen molar-refractivity contribution in [1.82, 2.24) is 0 Å². The molecule has 6 heteroatoms. The summed E-state index contributed by atoms with van der Waals surface area (Å²) in [6.45, 7) is 10.2. The Morgan fingerprint density at radius 2 is 0.441 bits per heavy atom. The van der Waals surface area contributed by atoms with Gasteiger partial charge in [-0.3, -0.25) is 9.13 Å². The van der Waals surface area contributed by atoms with Crippen LogP contribution < -0.4 is 0 Å².